The van der Waals surface area contributed by atoms with Gasteiger partial charge in [-0.2, -0.15) is 5.26 Å². The minimum absolute atomic E-state index is 0.0780. The van der Waals surface area contributed by atoms with Gasteiger partial charge >= 0.3 is 0 Å². The largest absolute Gasteiger partial charge is 0.494 e. The van der Waals surface area contributed by atoms with E-state index in [4.69, 9.17) is 4.74 Å². The Morgan fingerprint density at radius 3 is 2.57 bits per heavy atom. The highest BCUT2D eigenvalue weighted by molar-refractivity contribution is 8.03. The molecule has 0 bridgehead atoms. The zero-order valence-electron chi connectivity index (χ0n) is 16.9. The van der Waals surface area contributed by atoms with Crippen molar-refractivity contribution >= 4 is 29.3 Å². The number of benzene rings is 2. The van der Waals surface area contributed by atoms with E-state index in [1.54, 1.807) is 24.3 Å². The van der Waals surface area contributed by atoms with Gasteiger partial charge in [-0.3, -0.25) is 9.59 Å². The number of anilines is 1. The molecule has 2 N–H and O–H groups in total. The summed E-state index contributed by atoms with van der Waals surface area (Å²) in [6.45, 7) is 4.47. The predicted molar refractivity (Wildman–Crippen MR) is 118 cm³/mol. The third kappa shape index (κ3) is 5.43. The second kappa shape index (κ2) is 9.99. The summed E-state index contributed by atoms with van der Waals surface area (Å²) in [7, 11) is 0. The Hall–Kier alpha value is -3.24. The number of hydrogen-bond donors (Lipinski definition) is 2. The lowest BCUT2D eigenvalue weighted by Gasteiger charge is -2.25. The third-order valence-corrected chi connectivity index (χ3v) is 5.65. The lowest BCUT2D eigenvalue weighted by Crippen LogP contribution is -2.31. The van der Waals surface area contributed by atoms with E-state index < -0.39 is 0 Å². The Morgan fingerprint density at radius 2 is 1.93 bits per heavy atom. The number of amides is 2. The van der Waals surface area contributed by atoms with E-state index in [1.807, 2.05) is 38.1 Å². The van der Waals surface area contributed by atoms with Crippen LogP contribution in [0.15, 0.2) is 59.1 Å². The molecule has 0 saturated heterocycles. The number of nitrogens with one attached hydrogen (secondary N) is 2. The number of nitrogens with zero attached hydrogens (tertiary/aromatic N) is 1. The molecule has 0 radical (unpaired) electrons. The highest BCUT2D eigenvalue weighted by atomic mass is 32.2. The first-order valence-corrected chi connectivity index (χ1v) is 10.6. The van der Waals surface area contributed by atoms with Crippen LogP contribution < -0.4 is 15.4 Å². The van der Waals surface area contributed by atoms with Gasteiger partial charge in [0.1, 0.15) is 5.75 Å². The molecule has 1 atom stereocenters. The normalized spacial score (nSPS) is 15.9. The van der Waals surface area contributed by atoms with Crippen LogP contribution in [-0.4, -0.2) is 24.2 Å². The van der Waals surface area contributed by atoms with Gasteiger partial charge in [-0.15, -0.1) is 0 Å². The van der Waals surface area contributed by atoms with E-state index >= 15 is 0 Å². The summed E-state index contributed by atoms with van der Waals surface area (Å²) in [5.41, 5.74) is 3.17. The second-order valence-electron chi connectivity index (χ2n) is 6.86. The van der Waals surface area contributed by atoms with E-state index in [9.17, 15) is 14.9 Å². The molecule has 0 aliphatic carbocycles. The summed E-state index contributed by atoms with van der Waals surface area (Å²) in [5, 5.41) is 15.7. The molecule has 30 heavy (non-hydrogen) atoms. The van der Waals surface area contributed by atoms with Crippen LogP contribution in [0.5, 0.6) is 5.75 Å². The number of allylic oxidation sites excluding steroid dienone is 1. The molecule has 1 heterocycles. The summed E-state index contributed by atoms with van der Waals surface area (Å²) in [6, 6.07) is 17.2. The van der Waals surface area contributed by atoms with Crippen LogP contribution in [0.3, 0.4) is 0 Å². The molecule has 7 heteroatoms. The fourth-order valence-corrected chi connectivity index (χ4v) is 4.03. The van der Waals surface area contributed by atoms with Crippen molar-refractivity contribution in [1.29, 1.82) is 5.26 Å². The average Bonchev–Trinajstić information content (AvgIpc) is 2.74. The molecule has 2 amide bonds. The zero-order chi connectivity index (χ0) is 21.5. The molecule has 0 spiro atoms. The molecule has 1 aliphatic rings. The van der Waals surface area contributed by atoms with E-state index in [2.05, 4.69) is 16.7 Å². The summed E-state index contributed by atoms with van der Waals surface area (Å²) in [6.07, 6.45) is 0.217. The zero-order valence-corrected chi connectivity index (χ0v) is 17.7. The van der Waals surface area contributed by atoms with Gasteiger partial charge in [0.15, 0.2) is 0 Å². The summed E-state index contributed by atoms with van der Waals surface area (Å²) in [4.78, 5) is 24.6. The van der Waals surface area contributed by atoms with Gasteiger partial charge < -0.3 is 15.4 Å². The molecule has 0 unspecified atom stereocenters. The smallest absolute Gasteiger partial charge is 0.234 e. The van der Waals surface area contributed by atoms with Crippen molar-refractivity contribution in [2.24, 2.45) is 0 Å². The Labute approximate surface area is 180 Å². The number of nitriles is 1. The fraction of sp³-hybridized carbons (Fsp3) is 0.261. The van der Waals surface area contributed by atoms with Crippen molar-refractivity contribution in [3.63, 3.8) is 0 Å². The van der Waals surface area contributed by atoms with Crippen LogP contribution in [0.1, 0.15) is 30.4 Å². The lowest BCUT2D eigenvalue weighted by molar-refractivity contribution is -0.121. The van der Waals surface area contributed by atoms with Gasteiger partial charge in [-0.1, -0.05) is 41.6 Å². The fourth-order valence-electron chi connectivity index (χ4n) is 3.15. The van der Waals surface area contributed by atoms with Crippen LogP contribution in [0, 0.1) is 18.3 Å². The topological polar surface area (TPSA) is 91.2 Å². The Morgan fingerprint density at radius 1 is 1.23 bits per heavy atom. The van der Waals surface area contributed by atoms with Gasteiger partial charge in [-0.05, 0) is 43.7 Å². The molecule has 3 rings (SSSR count). The number of aryl methyl sites for hydroxylation is 1. The lowest BCUT2D eigenvalue weighted by atomic mass is 9.87. The van der Waals surface area contributed by atoms with Gasteiger partial charge in [0, 0.05) is 18.0 Å². The maximum absolute atomic E-state index is 12.3. The third-order valence-electron chi connectivity index (χ3n) is 4.63. The maximum atomic E-state index is 12.3. The molecule has 0 saturated carbocycles. The van der Waals surface area contributed by atoms with Gasteiger partial charge in [-0.25, -0.2) is 0 Å². The van der Waals surface area contributed by atoms with Crippen molar-refractivity contribution in [3.05, 3.63) is 70.3 Å². The van der Waals surface area contributed by atoms with Gasteiger partial charge in [0.05, 0.1) is 29.0 Å². The Balaban J connectivity index is 1.68. The van der Waals surface area contributed by atoms with Crippen molar-refractivity contribution in [2.75, 3.05) is 17.7 Å². The molecule has 0 aromatic heterocycles. The Kier molecular flexibility index (Phi) is 7.15. The van der Waals surface area contributed by atoms with Crippen molar-refractivity contribution < 1.29 is 14.3 Å². The first kappa shape index (κ1) is 21.5. The van der Waals surface area contributed by atoms with E-state index in [0.717, 1.165) is 28.6 Å². The molecule has 6 nitrogen and oxygen atoms in total. The highest BCUT2D eigenvalue weighted by Crippen LogP contribution is 2.36. The summed E-state index contributed by atoms with van der Waals surface area (Å²) in [5.74, 6) is 0.130. The molecule has 2 aromatic carbocycles. The van der Waals surface area contributed by atoms with Gasteiger partial charge in [0.2, 0.25) is 11.8 Å². The first-order valence-electron chi connectivity index (χ1n) is 9.66. The van der Waals surface area contributed by atoms with Crippen LogP contribution in [-0.2, 0) is 9.59 Å². The van der Waals surface area contributed by atoms with Crippen LogP contribution in [0.2, 0.25) is 0 Å². The molecular weight excluding hydrogens is 398 g/mol. The molecule has 1 aliphatic heterocycles. The van der Waals surface area contributed by atoms with E-state index in [0.29, 0.717) is 22.9 Å². The summed E-state index contributed by atoms with van der Waals surface area (Å²) < 4.78 is 5.39. The molecule has 0 fully saturated rings. The average molecular weight is 422 g/mol. The second-order valence-corrected chi connectivity index (χ2v) is 7.85. The molecule has 2 aromatic rings. The molecule has 154 valence electrons. The van der Waals surface area contributed by atoms with E-state index in [1.165, 1.54) is 0 Å². The number of rotatable bonds is 7. The van der Waals surface area contributed by atoms with Crippen molar-refractivity contribution in [3.8, 4) is 11.8 Å². The van der Waals surface area contributed by atoms with Crippen LogP contribution in [0.25, 0.3) is 0 Å². The maximum Gasteiger partial charge on any atom is 0.234 e. The van der Waals surface area contributed by atoms with Crippen LogP contribution >= 0.6 is 11.8 Å². The minimum Gasteiger partial charge on any atom is -0.494 e. The molecular formula is C23H23N3O3S. The standard InChI is InChI=1S/C23H23N3O3S/c1-3-29-18-10-8-17(9-11-18)25-22(28)14-30-23-20(13-24)19(12-21(27)26-23)16-6-4-15(2)5-7-16/h4-11,19H,3,12,14H2,1-2H3,(H,25,28)(H,26,27)/t19-/m0/s1. The number of hydrogen-bond acceptors (Lipinski definition) is 5. The predicted octanol–water partition coefficient (Wildman–Crippen LogP) is 4.10. The highest BCUT2D eigenvalue weighted by Gasteiger charge is 2.29. The SMILES string of the molecule is CCOc1ccc(NC(=O)CSC2=C(C#N)[C@H](c3ccc(C)cc3)CC(=O)N2)cc1. The quantitative estimate of drug-likeness (QED) is 0.702. The first-order chi connectivity index (χ1) is 14.5. The Bertz CT molecular complexity index is 992. The number of ether oxygens (including phenoxy) is 1. The van der Waals surface area contributed by atoms with Crippen LogP contribution in [0.4, 0.5) is 5.69 Å². The van der Waals surface area contributed by atoms with E-state index in [-0.39, 0.29) is 29.9 Å². The number of carbonyl (C=O) groups is 2. The van der Waals surface area contributed by atoms with Crippen molar-refractivity contribution in [2.45, 2.75) is 26.2 Å². The minimum atomic E-state index is -0.305. The van der Waals surface area contributed by atoms with Crippen molar-refractivity contribution in [1.82, 2.24) is 5.32 Å². The summed E-state index contributed by atoms with van der Waals surface area (Å²) >= 11 is 1.16. The van der Waals surface area contributed by atoms with Gasteiger partial charge in [0.25, 0.3) is 0 Å². The number of carbonyl (C=O) groups excluding carboxylic acids is 2. The monoisotopic (exact) mass is 421 g/mol. The number of thioether (sulfide) groups is 1.